The molecule has 0 atom stereocenters. The Hall–Kier alpha value is -2.55. The molecule has 19 heavy (non-hydrogen) atoms. The monoisotopic (exact) mass is 285 g/mol. The predicted molar refractivity (Wildman–Crippen MR) is 62.0 cm³/mol. The molecule has 0 radical (unpaired) electrons. The van der Waals surface area contributed by atoms with Gasteiger partial charge in [-0.2, -0.15) is 15.4 Å². The summed E-state index contributed by atoms with van der Waals surface area (Å²) in [5, 5.41) is 19.5. The predicted octanol–water partition coefficient (Wildman–Crippen LogP) is 1.27. The Balaban J connectivity index is 2.68. The second-order valence-corrected chi connectivity index (χ2v) is 3.83. The molecule has 0 spiro atoms. The summed E-state index contributed by atoms with van der Waals surface area (Å²) in [5.74, 6) is -1.83. The summed E-state index contributed by atoms with van der Waals surface area (Å²) < 4.78 is 13.8. The van der Waals surface area contributed by atoms with Crippen molar-refractivity contribution in [2.45, 2.75) is 0 Å². The average molecular weight is 286 g/mol. The number of amides is 1. The number of nitro benzene ring substituents is 1. The highest BCUT2D eigenvalue weighted by molar-refractivity contribution is 6.32. The molecule has 2 aromatic rings. The van der Waals surface area contributed by atoms with Gasteiger partial charge in [0, 0.05) is 17.7 Å². The zero-order valence-electron chi connectivity index (χ0n) is 9.05. The molecule has 1 amide bonds. The molecule has 0 aliphatic carbocycles. The van der Waals surface area contributed by atoms with Crippen LogP contribution in [0.15, 0.2) is 12.1 Å². The summed E-state index contributed by atoms with van der Waals surface area (Å²) in [6.45, 7) is 0. The zero-order valence-corrected chi connectivity index (χ0v) is 9.81. The summed E-state index contributed by atoms with van der Waals surface area (Å²) in [6.07, 6.45) is 0. The first-order chi connectivity index (χ1) is 8.91. The Labute approximate surface area is 109 Å². The maximum atomic E-state index is 13.8. The lowest BCUT2D eigenvalue weighted by Gasteiger charge is -2.02. The van der Waals surface area contributed by atoms with E-state index in [4.69, 9.17) is 17.3 Å². The Kier molecular flexibility index (Phi) is 3.13. The highest BCUT2D eigenvalue weighted by Gasteiger charge is 2.23. The third kappa shape index (κ3) is 2.22. The number of nitro groups is 1. The van der Waals surface area contributed by atoms with Gasteiger partial charge in [-0.05, 0) is 0 Å². The van der Waals surface area contributed by atoms with Crippen molar-refractivity contribution in [3.05, 3.63) is 38.8 Å². The number of aromatic amines is 1. The smallest absolute Gasteiger partial charge is 0.288 e. The summed E-state index contributed by atoms with van der Waals surface area (Å²) in [5.41, 5.74) is 3.68. The van der Waals surface area contributed by atoms with Gasteiger partial charge in [-0.3, -0.25) is 14.9 Å². The molecule has 2 rings (SSSR count). The first-order valence-corrected chi connectivity index (χ1v) is 5.14. The topological polar surface area (TPSA) is 128 Å². The van der Waals surface area contributed by atoms with Crippen molar-refractivity contribution in [3.8, 4) is 11.3 Å². The number of benzene rings is 1. The van der Waals surface area contributed by atoms with E-state index in [-0.39, 0.29) is 22.0 Å². The molecule has 10 heteroatoms. The van der Waals surface area contributed by atoms with Gasteiger partial charge in [0.2, 0.25) is 0 Å². The van der Waals surface area contributed by atoms with Crippen molar-refractivity contribution in [2.75, 3.05) is 0 Å². The van der Waals surface area contributed by atoms with Gasteiger partial charge < -0.3 is 5.73 Å². The van der Waals surface area contributed by atoms with E-state index in [0.717, 1.165) is 12.1 Å². The quantitative estimate of drug-likeness (QED) is 0.648. The number of nitrogens with one attached hydrogen (secondary N) is 1. The molecule has 98 valence electrons. The number of H-pyrrole nitrogens is 1. The fraction of sp³-hybridized carbons (Fsp3) is 0. The van der Waals surface area contributed by atoms with E-state index in [1.165, 1.54) is 0 Å². The van der Waals surface area contributed by atoms with E-state index >= 15 is 0 Å². The van der Waals surface area contributed by atoms with Crippen molar-refractivity contribution < 1.29 is 14.1 Å². The number of carbonyl (C=O) groups excluding carboxylic acids is 1. The zero-order chi connectivity index (χ0) is 14.2. The Morgan fingerprint density at radius 2 is 2.16 bits per heavy atom. The van der Waals surface area contributed by atoms with Crippen LogP contribution in [0.5, 0.6) is 0 Å². The Morgan fingerprint density at radius 1 is 1.47 bits per heavy atom. The number of rotatable bonds is 3. The lowest BCUT2D eigenvalue weighted by atomic mass is 10.1. The molecule has 1 heterocycles. The van der Waals surface area contributed by atoms with Crippen molar-refractivity contribution >= 4 is 23.2 Å². The van der Waals surface area contributed by atoms with Crippen LogP contribution in [-0.2, 0) is 0 Å². The summed E-state index contributed by atoms with van der Waals surface area (Å²) in [6, 6.07) is 1.62. The van der Waals surface area contributed by atoms with Gasteiger partial charge in [0.05, 0.1) is 4.92 Å². The molecule has 1 aromatic carbocycles. The number of hydrogen-bond donors (Lipinski definition) is 2. The molecular weight excluding hydrogens is 281 g/mol. The van der Waals surface area contributed by atoms with Gasteiger partial charge in [-0.1, -0.05) is 11.6 Å². The SMILES string of the molecule is NC(=O)c1n[nH]nc1-c1cc([N+](=O)[O-])c(Cl)cc1F. The largest absolute Gasteiger partial charge is 0.364 e. The fourth-order valence-corrected chi connectivity index (χ4v) is 1.67. The maximum Gasteiger partial charge on any atom is 0.288 e. The number of halogens is 2. The number of primary amides is 1. The van der Waals surface area contributed by atoms with Crippen molar-refractivity contribution in [1.82, 2.24) is 15.4 Å². The Bertz CT molecular complexity index is 686. The van der Waals surface area contributed by atoms with Crippen molar-refractivity contribution in [1.29, 1.82) is 0 Å². The minimum Gasteiger partial charge on any atom is -0.364 e. The van der Waals surface area contributed by atoms with Crippen molar-refractivity contribution in [2.24, 2.45) is 5.73 Å². The van der Waals surface area contributed by atoms with Gasteiger partial charge >= 0.3 is 0 Å². The minimum atomic E-state index is -0.944. The highest BCUT2D eigenvalue weighted by Crippen LogP contribution is 2.32. The molecular formula is C9H5ClFN5O3. The van der Waals surface area contributed by atoms with Crippen LogP contribution in [0.2, 0.25) is 5.02 Å². The molecule has 0 unspecified atom stereocenters. The molecule has 8 nitrogen and oxygen atoms in total. The van der Waals surface area contributed by atoms with Gasteiger partial charge in [0.1, 0.15) is 16.5 Å². The standard InChI is InChI=1S/C9H5ClFN5O3/c10-4-2-5(11)3(1-6(4)16(18)19)7-8(9(12)17)14-15-13-7/h1-2H,(H2,12,17)(H,13,14,15). The molecule has 0 bridgehead atoms. The van der Waals surface area contributed by atoms with E-state index in [1.54, 1.807) is 0 Å². The molecule has 0 fully saturated rings. The number of hydrogen-bond acceptors (Lipinski definition) is 5. The van der Waals surface area contributed by atoms with Crippen LogP contribution in [0.4, 0.5) is 10.1 Å². The van der Waals surface area contributed by atoms with Crippen LogP contribution in [0.25, 0.3) is 11.3 Å². The number of nitrogens with zero attached hydrogens (tertiary/aromatic N) is 3. The van der Waals surface area contributed by atoms with E-state index in [2.05, 4.69) is 15.4 Å². The summed E-state index contributed by atoms with van der Waals surface area (Å²) >= 11 is 5.54. The van der Waals surface area contributed by atoms with Crippen LogP contribution in [0.1, 0.15) is 10.5 Å². The second kappa shape index (κ2) is 4.61. The lowest BCUT2D eigenvalue weighted by Crippen LogP contribution is -2.13. The molecule has 0 aliphatic rings. The lowest BCUT2D eigenvalue weighted by molar-refractivity contribution is -0.384. The third-order valence-electron chi connectivity index (χ3n) is 2.27. The third-order valence-corrected chi connectivity index (χ3v) is 2.57. The van der Waals surface area contributed by atoms with Gasteiger partial charge in [0.25, 0.3) is 11.6 Å². The van der Waals surface area contributed by atoms with E-state index in [9.17, 15) is 19.3 Å². The highest BCUT2D eigenvalue weighted by atomic mass is 35.5. The van der Waals surface area contributed by atoms with Crippen molar-refractivity contribution in [3.63, 3.8) is 0 Å². The van der Waals surface area contributed by atoms with Crippen LogP contribution in [0.3, 0.4) is 0 Å². The van der Waals surface area contributed by atoms with Gasteiger partial charge in [0.15, 0.2) is 5.69 Å². The van der Waals surface area contributed by atoms with Crippen LogP contribution >= 0.6 is 11.6 Å². The Morgan fingerprint density at radius 3 is 2.74 bits per heavy atom. The minimum absolute atomic E-state index is 0.218. The van der Waals surface area contributed by atoms with Crippen LogP contribution in [0, 0.1) is 15.9 Å². The first-order valence-electron chi connectivity index (χ1n) is 4.76. The van der Waals surface area contributed by atoms with E-state index in [0.29, 0.717) is 0 Å². The molecule has 3 N–H and O–H groups in total. The molecule has 0 saturated carbocycles. The van der Waals surface area contributed by atoms with Crippen LogP contribution in [-0.4, -0.2) is 26.2 Å². The molecule has 0 saturated heterocycles. The fourth-order valence-electron chi connectivity index (χ4n) is 1.45. The normalized spacial score (nSPS) is 10.4. The summed E-state index contributed by atoms with van der Waals surface area (Å²) in [4.78, 5) is 21.0. The number of nitrogens with two attached hydrogens (primary N) is 1. The molecule has 1 aromatic heterocycles. The molecule has 0 aliphatic heterocycles. The van der Waals surface area contributed by atoms with Gasteiger partial charge in [-0.25, -0.2) is 4.39 Å². The average Bonchev–Trinajstić information content (AvgIpc) is 2.77. The van der Waals surface area contributed by atoms with E-state index < -0.39 is 22.3 Å². The first kappa shape index (κ1) is 12.9. The number of carbonyl (C=O) groups is 1. The second-order valence-electron chi connectivity index (χ2n) is 3.43. The maximum absolute atomic E-state index is 13.8. The number of aromatic nitrogens is 3. The van der Waals surface area contributed by atoms with Gasteiger partial charge in [-0.15, -0.1) is 0 Å². The summed E-state index contributed by atoms with van der Waals surface area (Å²) in [7, 11) is 0. The van der Waals surface area contributed by atoms with Crippen LogP contribution < -0.4 is 5.73 Å². The van der Waals surface area contributed by atoms with E-state index in [1.807, 2.05) is 0 Å².